The third-order valence-corrected chi connectivity index (χ3v) is 7.65. The van der Waals surface area contributed by atoms with Crippen molar-refractivity contribution in [1.29, 1.82) is 0 Å². The maximum atomic E-state index is 12.8. The van der Waals surface area contributed by atoms with E-state index in [1.54, 1.807) is 30.3 Å². The van der Waals surface area contributed by atoms with Crippen molar-refractivity contribution in [3.63, 3.8) is 0 Å². The molecule has 11 heteroatoms. The number of aromatic nitrogens is 1. The molecule has 0 fully saturated rings. The zero-order valence-electron chi connectivity index (χ0n) is 21.3. The fraction of sp³-hybridized carbons (Fsp3) is 0.440. The molecule has 0 aliphatic carbocycles. The third-order valence-electron chi connectivity index (χ3n) is 5.46. The average Bonchev–Trinajstić information content (AvgIpc) is 3.17. The van der Waals surface area contributed by atoms with Gasteiger partial charge in [0.25, 0.3) is 0 Å². The number of amides is 1. The van der Waals surface area contributed by atoms with Gasteiger partial charge in [-0.2, -0.15) is 8.42 Å². The van der Waals surface area contributed by atoms with Crippen molar-refractivity contribution in [2.75, 3.05) is 23.7 Å². The molecule has 1 amide bonds. The molecule has 0 atom stereocenters. The monoisotopic (exact) mass is 554 g/mol. The van der Waals surface area contributed by atoms with E-state index in [4.69, 9.17) is 4.18 Å². The van der Waals surface area contributed by atoms with Gasteiger partial charge in [0, 0.05) is 43.3 Å². The SMILES string of the molecule is CCCC(=O)Nc1nc2ccc(OS(=O)(=O)c3ccc(NCCN(C(C)C)C(C)C)cc3)cc2s1.Cl. The maximum absolute atomic E-state index is 12.8. The van der Waals surface area contributed by atoms with Crippen molar-refractivity contribution in [3.8, 4) is 5.75 Å². The topological polar surface area (TPSA) is 101 Å². The first-order valence-corrected chi connectivity index (χ1v) is 14.1. The number of carbonyl (C=O) groups is 1. The summed E-state index contributed by atoms with van der Waals surface area (Å²) in [5.74, 6) is 0.0953. The average molecular weight is 555 g/mol. The molecule has 8 nitrogen and oxygen atoms in total. The molecule has 36 heavy (non-hydrogen) atoms. The van der Waals surface area contributed by atoms with Crippen LogP contribution in [0, 0.1) is 0 Å². The van der Waals surface area contributed by atoms with Crippen LogP contribution in [0.5, 0.6) is 5.75 Å². The second kappa shape index (κ2) is 13.2. The van der Waals surface area contributed by atoms with Crippen molar-refractivity contribution in [2.24, 2.45) is 0 Å². The van der Waals surface area contributed by atoms with Crippen LogP contribution in [0.25, 0.3) is 10.2 Å². The van der Waals surface area contributed by atoms with E-state index >= 15 is 0 Å². The molecule has 2 N–H and O–H groups in total. The highest BCUT2D eigenvalue weighted by molar-refractivity contribution is 7.87. The predicted molar refractivity (Wildman–Crippen MR) is 150 cm³/mol. The van der Waals surface area contributed by atoms with Gasteiger partial charge in [-0.1, -0.05) is 18.3 Å². The molecule has 3 aromatic rings. The lowest BCUT2D eigenvalue weighted by Gasteiger charge is -2.30. The van der Waals surface area contributed by atoms with Crippen molar-refractivity contribution in [2.45, 2.75) is 64.4 Å². The molecule has 0 aliphatic rings. The molecule has 3 rings (SSSR count). The van der Waals surface area contributed by atoms with Crippen LogP contribution in [0.1, 0.15) is 47.5 Å². The first-order valence-electron chi connectivity index (χ1n) is 11.8. The summed E-state index contributed by atoms with van der Waals surface area (Å²) < 4.78 is 31.7. The Morgan fingerprint density at radius 3 is 2.36 bits per heavy atom. The van der Waals surface area contributed by atoms with Gasteiger partial charge in [0.1, 0.15) is 10.6 Å². The number of rotatable bonds is 12. The Labute approximate surface area is 224 Å². The molecule has 1 heterocycles. The van der Waals surface area contributed by atoms with E-state index in [0.717, 1.165) is 29.9 Å². The van der Waals surface area contributed by atoms with Crippen molar-refractivity contribution in [3.05, 3.63) is 42.5 Å². The Balaban J connectivity index is 0.00000456. The van der Waals surface area contributed by atoms with E-state index < -0.39 is 10.1 Å². The van der Waals surface area contributed by atoms with Crippen LogP contribution in [0.3, 0.4) is 0 Å². The summed E-state index contributed by atoms with van der Waals surface area (Å²) in [5, 5.41) is 6.59. The van der Waals surface area contributed by atoms with Crippen molar-refractivity contribution < 1.29 is 17.4 Å². The number of nitrogens with zero attached hydrogens (tertiary/aromatic N) is 2. The summed E-state index contributed by atoms with van der Waals surface area (Å²) in [7, 11) is -4.00. The Kier molecular flexibility index (Phi) is 11.0. The van der Waals surface area contributed by atoms with Gasteiger partial charge in [-0.15, -0.1) is 12.4 Å². The van der Waals surface area contributed by atoms with Crippen LogP contribution in [0.4, 0.5) is 10.8 Å². The Morgan fingerprint density at radius 1 is 1.08 bits per heavy atom. The number of halogens is 1. The summed E-state index contributed by atoms with van der Waals surface area (Å²) in [5.41, 5.74) is 1.51. The molecular formula is C25H35ClN4O4S2. The lowest BCUT2D eigenvalue weighted by molar-refractivity contribution is -0.116. The molecule has 0 spiro atoms. The van der Waals surface area contributed by atoms with Crippen LogP contribution in [-0.4, -0.2) is 49.4 Å². The minimum absolute atomic E-state index is 0. The third kappa shape index (κ3) is 8.06. The number of carbonyl (C=O) groups excluding carboxylic acids is 1. The fourth-order valence-corrected chi connectivity index (χ4v) is 5.61. The maximum Gasteiger partial charge on any atom is 0.339 e. The molecule has 0 unspecified atom stereocenters. The second-order valence-corrected chi connectivity index (χ2v) is 11.4. The van der Waals surface area contributed by atoms with Gasteiger partial charge in [-0.05, 0) is 70.5 Å². The minimum Gasteiger partial charge on any atom is -0.384 e. The Morgan fingerprint density at radius 2 is 1.75 bits per heavy atom. The Hall–Kier alpha value is -2.40. The van der Waals surface area contributed by atoms with Gasteiger partial charge in [-0.25, -0.2) is 4.98 Å². The number of fused-ring (bicyclic) bond motifs is 1. The summed E-state index contributed by atoms with van der Waals surface area (Å²) in [6, 6.07) is 12.3. The smallest absolute Gasteiger partial charge is 0.339 e. The van der Waals surface area contributed by atoms with E-state index in [-0.39, 0.29) is 29.0 Å². The van der Waals surface area contributed by atoms with Gasteiger partial charge >= 0.3 is 10.1 Å². The van der Waals surface area contributed by atoms with Crippen molar-refractivity contribution in [1.82, 2.24) is 9.88 Å². The lowest BCUT2D eigenvalue weighted by Crippen LogP contribution is -2.40. The van der Waals surface area contributed by atoms with Crippen LogP contribution in [-0.2, 0) is 14.9 Å². The van der Waals surface area contributed by atoms with Gasteiger partial charge in [-0.3, -0.25) is 9.69 Å². The van der Waals surface area contributed by atoms with Crippen LogP contribution in [0.2, 0.25) is 0 Å². The molecular weight excluding hydrogens is 520 g/mol. The highest BCUT2D eigenvalue weighted by atomic mass is 35.5. The summed E-state index contributed by atoms with van der Waals surface area (Å²) in [6.07, 6.45) is 1.17. The largest absolute Gasteiger partial charge is 0.384 e. The van der Waals surface area contributed by atoms with Crippen LogP contribution >= 0.6 is 23.7 Å². The van der Waals surface area contributed by atoms with E-state index in [0.29, 0.717) is 29.2 Å². The summed E-state index contributed by atoms with van der Waals surface area (Å²) in [4.78, 5) is 18.6. The highest BCUT2D eigenvalue weighted by Crippen LogP contribution is 2.30. The fourth-order valence-electron chi connectivity index (χ4n) is 3.78. The Bertz CT molecular complexity index is 1240. The van der Waals surface area contributed by atoms with E-state index in [9.17, 15) is 13.2 Å². The molecule has 0 saturated carbocycles. The first kappa shape index (κ1) is 29.8. The highest BCUT2D eigenvalue weighted by Gasteiger charge is 2.18. The molecule has 2 aromatic carbocycles. The second-order valence-electron chi connectivity index (χ2n) is 8.86. The number of benzene rings is 2. The number of thiazole rings is 1. The van der Waals surface area contributed by atoms with Crippen LogP contribution in [0.15, 0.2) is 47.4 Å². The van der Waals surface area contributed by atoms with Crippen LogP contribution < -0.4 is 14.8 Å². The summed E-state index contributed by atoms with van der Waals surface area (Å²) in [6.45, 7) is 12.3. The number of hydrogen-bond acceptors (Lipinski definition) is 8. The zero-order chi connectivity index (χ0) is 25.6. The quantitative estimate of drug-likeness (QED) is 0.275. The molecule has 0 bridgehead atoms. The standard InChI is InChI=1S/C25H34N4O4S2.ClH/c1-6-7-24(30)28-25-27-22-13-10-20(16-23(22)34-25)33-35(31,32)21-11-8-19(9-12-21)26-14-15-29(17(2)3)18(4)5;/h8-13,16-18,26H,6-7,14-15H2,1-5H3,(H,27,28,30);1H. The predicted octanol–water partition coefficient (Wildman–Crippen LogP) is 5.76. The van der Waals surface area contributed by atoms with Crippen molar-refractivity contribution >= 4 is 60.8 Å². The molecule has 0 saturated heterocycles. The van der Waals surface area contributed by atoms with E-state index in [1.165, 1.54) is 23.5 Å². The number of nitrogens with one attached hydrogen (secondary N) is 2. The summed E-state index contributed by atoms with van der Waals surface area (Å²) >= 11 is 1.27. The molecule has 1 aromatic heterocycles. The van der Waals surface area contributed by atoms with Gasteiger partial charge in [0.05, 0.1) is 10.2 Å². The number of hydrogen-bond donors (Lipinski definition) is 2. The van der Waals surface area contributed by atoms with E-state index in [1.807, 2.05) is 6.92 Å². The molecule has 0 radical (unpaired) electrons. The lowest BCUT2D eigenvalue weighted by atomic mass is 10.2. The zero-order valence-corrected chi connectivity index (χ0v) is 23.7. The van der Waals surface area contributed by atoms with Gasteiger partial charge in [0.2, 0.25) is 5.91 Å². The number of anilines is 2. The molecule has 198 valence electrons. The van der Waals surface area contributed by atoms with E-state index in [2.05, 4.69) is 48.2 Å². The van der Waals surface area contributed by atoms with Gasteiger partial charge < -0.3 is 14.8 Å². The normalized spacial score (nSPS) is 11.7. The minimum atomic E-state index is -4.00. The first-order chi connectivity index (χ1) is 16.6. The van der Waals surface area contributed by atoms with Gasteiger partial charge in [0.15, 0.2) is 5.13 Å². The molecule has 0 aliphatic heterocycles.